The maximum Gasteiger partial charge on any atom is 0.287 e. The van der Waals surface area contributed by atoms with E-state index < -0.39 is 0 Å². The van der Waals surface area contributed by atoms with Crippen LogP contribution in [0.5, 0.6) is 0 Å². The molecule has 1 aliphatic carbocycles. The quantitative estimate of drug-likeness (QED) is 0.498. The van der Waals surface area contributed by atoms with E-state index in [1.165, 1.54) is 0 Å². The summed E-state index contributed by atoms with van der Waals surface area (Å²) in [4.78, 5) is 11.5. The summed E-state index contributed by atoms with van der Waals surface area (Å²) in [7, 11) is 0. The van der Waals surface area contributed by atoms with Gasteiger partial charge < -0.3 is 5.32 Å². The lowest BCUT2D eigenvalue weighted by molar-refractivity contribution is -0.117. The molecule has 0 radical (unpaired) electrons. The van der Waals surface area contributed by atoms with E-state index in [0.29, 0.717) is 0 Å². The van der Waals surface area contributed by atoms with E-state index >= 15 is 0 Å². The Balaban J connectivity index is 2.56. The zero-order valence-electron chi connectivity index (χ0n) is 8.87. The summed E-state index contributed by atoms with van der Waals surface area (Å²) >= 11 is 0. The number of hydrogen-bond donors (Lipinski definition) is 1. The molecule has 0 unspecified atom stereocenters. The maximum atomic E-state index is 11.5. The zero-order valence-corrected chi connectivity index (χ0v) is 8.87. The van der Waals surface area contributed by atoms with Crippen LogP contribution in [-0.4, -0.2) is 11.4 Å². The van der Waals surface area contributed by atoms with Crippen molar-refractivity contribution in [3.63, 3.8) is 0 Å². The van der Waals surface area contributed by atoms with Gasteiger partial charge in [0.25, 0.3) is 5.91 Å². The van der Waals surface area contributed by atoms with Crippen molar-refractivity contribution in [1.82, 2.24) is 5.32 Å². The van der Waals surface area contributed by atoms with Crippen LogP contribution in [0.15, 0.2) is 36.0 Å². The molecule has 1 rings (SSSR count). The van der Waals surface area contributed by atoms with Crippen molar-refractivity contribution in [3.05, 3.63) is 42.4 Å². The Morgan fingerprint density at radius 3 is 2.64 bits per heavy atom. The number of carbonyl (C=O) groups is 1. The molecule has 0 aromatic rings. The van der Waals surface area contributed by atoms with Gasteiger partial charge in [0, 0.05) is 36.3 Å². The fourth-order valence-corrected chi connectivity index (χ4v) is 1.11. The minimum atomic E-state index is -0.178. The number of amides is 1. The first-order chi connectivity index (χ1) is 6.47. The molecule has 1 amide bonds. The average molecular weight is 190 g/mol. The first kappa shape index (κ1) is 10.6. The molecule has 0 spiro atoms. The molecule has 0 aromatic carbocycles. The average Bonchev–Trinajstić information content (AvgIpc) is 2.02. The molecule has 0 bridgehead atoms. The Morgan fingerprint density at radius 2 is 2.14 bits per heavy atom. The Labute approximate surface area is 85.4 Å². The van der Waals surface area contributed by atoms with Crippen LogP contribution >= 0.6 is 0 Å². The van der Waals surface area contributed by atoms with Crippen LogP contribution < -0.4 is 5.32 Å². The molecule has 0 heterocycles. The summed E-state index contributed by atoms with van der Waals surface area (Å²) in [5, 5.41) is 2.87. The summed E-state index contributed by atoms with van der Waals surface area (Å²) in [6, 6.07) is 0. The fourth-order valence-electron chi connectivity index (χ4n) is 1.11. The number of carbonyl (C=O) groups excluding carboxylic acids is 1. The predicted molar refractivity (Wildman–Crippen MR) is 58.6 cm³/mol. The highest BCUT2D eigenvalue weighted by Gasteiger charge is 2.14. The highest BCUT2D eigenvalue weighted by Crippen LogP contribution is 2.08. The SMILES string of the molecule is CC(C)(C)NC(=O)/C=C1/C=CC=C[CH+]1. The molecule has 74 valence electrons. The minimum Gasteiger partial charge on any atom is -0.340 e. The number of nitrogens with one attached hydrogen (secondary N) is 1. The van der Waals surface area contributed by atoms with Crippen molar-refractivity contribution >= 4 is 5.91 Å². The molecule has 0 fully saturated rings. The fraction of sp³-hybridized carbons (Fsp3) is 0.333. The van der Waals surface area contributed by atoms with Crippen LogP contribution in [0.2, 0.25) is 0 Å². The maximum absolute atomic E-state index is 11.5. The lowest BCUT2D eigenvalue weighted by Gasteiger charge is -2.18. The Bertz CT molecular complexity index is 303. The molecule has 2 heteroatoms. The molecular formula is C12H16NO+. The Morgan fingerprint density at radius 1 is 1.43 bits per heavy atom. The minimum absolute atomic E-state index is 0.0521. The van der Waals surface area contributed by atoms with Crippen molar-refractivity contribution in [2.75, 3.05) is 0 Å². The van der Waals surface area contributed by atoms with Crippen molar-refractivity contribution in [3.8, 4) is 0 Å². The first-order valence-electron chi connectivity index (χ1n) is 4.69. The molecule has 14 heavy (non-hydrogen) atoms. The van der Waals surface area contributed by atoms with Crippen LogP contribution in [-0.2, 0) is 4.79 Å². The molecule has 0 saturated heterocycles. The van der Waals surface area contributed by atoms with Crippen molar-refractivity contribution in [2.24, 2.45) is 0 Å². The Kier molecular flexibility index (Phi) is 3.18. The van der Waals surface area contributed by atoms with Crippen LogP contribution in [0.25, 0.3) is 0 Å². The van der Waals surface area contributed by atoms with E-state index in [2.05, 4.69) is 5.32 Å². The largest absolute Gasteiger partial charge is 0.340 e. The zero-order chi connectivity index (χ0) is 10.6. The molecule has 0 aromatic heterocycles. The van der Waals surface area contributed by atoms with Gasteiger partial charge in [-0.2, -0.15) is 0 Å². The number of rotatable bonds is 1. The second-order valence-corrected chi connectivity index (χ2v) is 4.29. The molecule has 0 saturated carbocycles. The second kappa shape index (κ2) is 4.18. The lowest BCUT2D eigenvalue weighted by Crippen LogP contribution is -2.39. The molecule has 2 nitrogen and oxygen atoms in total. The lowest BCUT2D eigenvalue weighted by atomic mass is 10.1. The van der Waals surface area contributed by atoms with Gasteiger partial charge in [-0.15, -0.1) is 0 Å². The van der Waals surface area contributed by atoms with E-state index in [1.807, 2.05) is 51.5 Å². The van der Waals surface area contributed by atoms with Gasteiger partial charge in [-0.1, -0.05) is 0 Å². The third kappa shape index (κ3) is 3.99. The highest BCUT2D eigenvalue weighted by molar-refractivity contribution is 5.89. The van der Waals surface area contributed by atoms with Crippen LogP contribution in [0, 0.1) is 6.42 Å². The summed E-state index contributed by atoms with van der Waals surface area (Å²) in [5.74, 6) is -0.0521. The summed E-state index contributed by atoms with van der Waals surface area (Å²) in [5.41, 5.74) is 0.747. The van der Waals surface area contributed by atoms with E-state index in [9.17, 15) is 4.79 Å². The van der Waals surface area contributed by atoms with Gasteiger partial charge in [0.2, 0.25) is 0 Å². The molecule has 1 N–H and O–H groups in total. The van der Waals surface area contributed by atoms with E-state index in [0.717, 1.165) is 5.57 Å². The topological polar surface area (TPSA) is 29.1 Å². The summed E-state index contributed by atoms with van der Waals surface area (Å²) in [6.07, 6.45) is 11.2. The van der Waals surface area contributed by atoms with Crippen LogP contribution in [0.4, 0.5) is 0 Å². The van der Waals surface area contributed by atoms with Crippen molar-refractivity contribution < 1.29 is 4.79 Å². The van der Waals surface area contributed by atoms with E-state index in [1.54, 1.807) is 6.08 Å². The van der Waals surface area contributed by atoms with Crippen molar-refractivity contribution in [1.29, 1.82) is 0 Å². The third-order valence-corrected chi connectivity index (χ3v) is 1.60. The summed E-state index contributed by atoms with van der Waals surface area (Å²) < 4.78 is 0. The molecular weight excluding hydrogens is 174 g/mol. The van der Waals surface area contributed by atoms with Crippen LogP contribution in [0.1, 0.15) is 20.8 Å². The second-order valence-electron chi connectivity index (χ2n) is 4.29. The summed E-state index contributed by atoms with van der Waals surface area (Å²) in [6.45, 7) is 5.89. The van der Waals surface area contributed by atoms with Gasteiger partial charge in [0.15, 0.2) is 0 Å². The molecule has 0 atom stereocenters. The highest BCUT2D eigenvalue weighted by atomic mass is 16.1. The van der Waals surface area contributed by atoms with Gasteiger partial charge in [-0.25, -0.2) is 0 Å². The number of allylic oxidation sites excluding steroid dienone is 5. The van der Waals surface area contributed by atoms with Gasteiger partial charge in [-0.05, 0) is 20.8 Å². The normalized spacial score (nSPS) is 18.1. The van der Waals surface area contributed by atoms with Gasteiger partial charge in [-0.3, -0.25) is 4.79 Å². The number of hydrogen-bond acceptors (Lipinski definition) is 1. The van der Waals surface area contributed by atoms with Crippen LogP contribution in [0.3, 0.4) is 0 Å². The molecule has 0 aliphatic heterocycles. The first-order valence-corrected chi connectivity index (χ1v) is 4.69. The smallest absolute Gasteiger partial charge is 0.287 e. The van der Waals surface area contributed by atoms with E-state index in [4.69, 9.17) is 0 Å². The monoisotopic (exact) mass is 190 g/mol. The predicted octanol–water partition coefficient (Wildman–Crippen LogP) is 2.16. The standard InChI is InChI=1S/C12H15NO/c1-12(2,3)13-11(14)9-10-7-5-4-6-8-10/h4-9H,1-3H3/p+1. The van der Waals surface area contributed by atoms with Gasteiger partial charge >= 0.3 is 0 Å². The van der Waals surface area contributed by atoms with Gasteiger partial charge in [0.05, 0.1) is 6.08 Å². The van der Waals surface area contributed by atoms with Gasteiger partial charge in [0.1, 0.15) is 5.57 Å². The molecule has 1 aliphatic rings. The third-order valence-electron chi connectivity index (χ3n) is 1.60. The van der Waals surface area contributed by atoms with Crippen molar-refractivity contribution in [2.45, 2.75) is 26.3 Å². The van der Waals surface area contributed by atoms with E-state index in [-0.39, 0.29) is 11.4 Å². The Hall–Kier alpha value is -1.44.